The monoisotopic (exact) mass is 301 g/mol. The van der Waals surface area contributed by atoms with Crippen molar-refractivity contribution in [3.8, 4) is 5.75 Å². The summed E-state index contributed by atoms with van der Waals surface area (Å²) >= 11 is 0. The van der Waals surface area contributed by atoms with Crippen LogP contribution in [0.4, 0.5) is 0 Å². The summed E-state index contributed by atoms with van der Waals surface area (Å²) in [7, 11) is 0. The molecule has 0 saturated carbocycles. The Balaban J connectivity index is 1.49. The van der Waals surface area contributed by atoms with Crippen LogP contribution in [0.5, 0.6) is 5.75 Å². The molecular formula is C15H19N5O2. The highest BCUT2D eigenvalue weighted by molar-refractivity contribution is 5.74. The van der Waals surface area contributed by atoms with Crippen molar-refractivity contribution < 1.29 is 9.57 Å². The van der Waals surface area contributed by atoms with Gasteiger partial charge < -0.3 is 14.1 Å². The molecule has 1 atom stereocenters. The van der Waals surface area contributed by atoms with E-state index in [0.717, 1.165) is 24.3 Å². The summed E-state index contributed by atoms with van der Waals surface area (Å²) in [6.07, 6.45) is 6.15. The number of hydrazine groups is 1. The number of aliphatic imine (C=N–C) groups is 1. The van der Waals surface area contributed by atoms with Crippen molar-refractivity contribution in [2.75, 3.05) is 6.61 Å². The number of aromatic nitrogens is 2. The highest BCUT2D eigenvalue weighted by Gasteiger charge is 2.25. The van der Waals surface area contributed by atoms with Gasteiger partial charge in [0.1, 0.15) is 5.75 Å². The molecule has 1 aromatic heterocycles. The number of imidazole rings is 1. The molecule has 0 radical (unpaired) electrons. The second-order valence-corrected chi connectivity index (χ2v) is 5.04. The molecule has 0 bridgehead atoms. The molecule has 0 saturated heterocycles. The SMILES string of the molecule is CC1=NC(c2ccc(OCCCn3ccnc3)cc2)N(N)O1. The molecule has 1 aliphatic rings. The van der Waals surface area contributed by atoms with Gasteiger partial charge in [-0.25, -0.2) is 15.8 Å². The molecule has 2 heterocycles. The number of benzene rings is 1. The van der Waals surface area contributed by atoms with E-state index in [1.807, 2.05) is 35.0 Å². The number of nitrogens with two attached hydrogens (primary N) is 1. The van der Waals surface area contributed by atoms with E-state index in [2.05, 4.69) is 9.98 Å². The van der Waals surface area contributed by atoms with Gasteiger partial charge in [-0.1, -0.05) is 12.1 Å². The first kappa shape index (κ1) is 14.6. The number of hydroxylamine groups is 1. The first-order chi connectivity index (χ1) is 10.7. The van der Waals surface area contributed by atoms with Crippen LogP contribution in [0, 0.1) is 0 Å². The van der Waals surface area contributed by atoms with Crippen LogP contribution in [0.2, 0.25) is 0 Å². The van der Waals surface area contributed by atoms with Gasteiger partial charge in [0, 0.05) is 25.9 Å². The zero-order valence-electron chi connectivity index (χ0n) is 12.4. The van der Waals surface area contributed by atoms with Crippen LogP contribution >= 0.6 is 0 Å². The van der Waals surface area contributed by atoms with Gasteiger partial charge in [-0.05, 0) is 29.3 Å². The van der Waals surface area contributed by atoms with E-state index in [0.29, 0.717) is 12.5 Å². The van der Waals surface area contributed by atoms with E-state index in [1.54, 1.807) is 19.4 Å². The minimum atomic E-state index is -0.296. The lowest BCUT2D eigenvalue weighted by atomic mass is 10.2. The number of rotatable bonds is 6. The lowest BCUT2D eigenvalue weighted by Gasteiger charge is -2.15. The number of hydrogen-bond donors (Lipinski definition) is 1. The first-order valence-corrected chi connectivity index (χ1v) is 7.17. The van der Waals surface area contributed by atoms with Crippen molar-refractivity contribution in [1.29, 1.82) is 0 Å². The number of aryl methyl sites for hydroxylation is 1. The Hall–Kier alpha value is -2.38. The summed E-state index contributed by atoms with van der Waals surface area (Å²) in [5.41, 5.74) is 0.963. The van der Waals surface area contributed by atoms with Crippen LogP contribution in [0.1, 0.15) is 25.1 Å². The molecule has 7 nitrogen and oxygen atoms in total. The van der Waals surface area contributed by atoms with E-state index in [4.69, 9.17) is 15.4 Å². The van der Waals surface area contributed by atoms with Gasteiger partial charge in [-0.15, -0.1) is 0 Å². The second-order valence-electron chi connectivity index (χ2n) is 5.04. The van der Waals surface area contributed by atoms with Gasteiger partial charge in [0.15, 0.2) is 6.17 Å². The summed E-state index contributed by atoms with van der Waals surface area (Å²) in [5, 5.41) is 1.25. The normalized spacial score (nSPS) is 18.1. The van der Waals surface area contributed by atoms with Gasteiger partial charge >= 0.3 is 0 Å². The molecule has 3 rings (SSSR count). The summed E-state index contributed by atoms with van der Waals surface area (Å²) in [6.45, 7) is 3.33. The van der Waals surface area contributed by atoms with Crippen LogP contribution in [-0.2, 0) is 11.4 Å². The largest absolute Gasteiger partial charge is 0.494 e. The number of ether oxygens (including phenoxy) is 1. The third-order valence-electron chi connectivity index (χ3n) is 3.35. The predicted octanol–water partition coefficient (Wildman–Crippen LogP) is 1.89. The molecule has 1 aromatic carbocycles. The summed E-state index contributed by atoms with van der Waals surface area (Å²) in [5.74, 6) is 7.14. The van der Waals surface area contributed by atoms with Gasteiger partial charge in [-0.3, -0.25) is 0 Å². The Kier molecular flexibility index (Phi) is 4.36. The molecule has 0 aliphatic carbocycles. The lowest BCUT2D eigenvalue weighted by molar-refractivity contribution is -0.0873. The van der Waals surface area contributed by atoms with Crippen molar-refractivity contribution in [3.05, 3.63) is 48.5 Å². The number of nitrogens with zero attached hydrogens (tertiary/aromatic N) is 4. The highest BCUT2D eigenvalue weighted by Crippen LogP contribution is 2.26. The zero-order valence-corrected chi connectivity index (χ0v) is 12.4. The van der Waals surface area contributed by atoms with Crippen LogP contribution in [0.15, 0.2) is 48.0 Å². The predicted molar refractivity (Wildman–Crippen MR) is 81.7 cm³/mol. The van der Waals surface area contributed by atoms with Crippen molar-refractivity contribution >= 4 is 5.90 Å². The first-order valence-electron chi connectivity index (χ1n) is 7.17. The molecule has 7 heteroatoms. The Bertz CT molecular complexity index is 624. The van der Waals surface area contributed by atoms with Gasteiger partial charge in [0.25, 0.3) is 0 Å². The molecule has 2 N–H and O–H groups in total. The minimum Gasteiger partial charge on any atom is -0.494 e. The molecule has 0 amide bonds. The van der Waals surface area contributed by atoms with E-state index in [-0.39, 0.29) is 6.17 Å². The summed E-state index contributed by atoms with van der Waals surface area (Å²) < 4.78 is 7.75. The topological polar surface area (TPSA) is 77.9 Å². The van der Waals surface area contributed by atoms with Crippen LogP contribution in [0.25, 0.3) is 0 Å². The van der Waals surface area contributed by atoms with Crippen molar-refractivity contribution in [2.24, 2.45) is 10.8 Å². The van der Waals surface area contributed by atoms with Crippen LogP contribution < -0.4 is 10.6 Å². The molecular weight excluding hydrogens is 282 g/mol. The highest BCUT2D eigenvalue weighted by atomic mass is 16.7. The van der Waals surface area contributed by atoms with Crippen molar-refractivity contribution in [1.82, 2.24) is 14.7 Å². The molecule has 0 spiro atoms. The Labute approximate surface area is 128 Å². The molecule has 0 fully saturated rings. The van der Waals surface area contributed by atoms with Crippen LogP contribution in [0.3, 0.4) is 0 Å². The fourth-order valence-corrected chi connectivity index (χ4v) is 2.27. The molecule has 116 valence electrons. The third kappa shape index (κ3) is 3.44. The Morgan fingerprint density at radius 2 is 2.14 bits per heavy atom. The van der Waals surface area contributed by atoms with Gasteiger partial charge in [0.2, 0.25) is 5.90 Å². The third-order valence-corrected chi connectivity index (χ3v) is 3.35. The molecule has 22 heavy (non-hydrogen) atoms. The Morgan fingerprint density at radius 3 is 2.77 bits per heavy atom. The molecule has 1 unspecified atom stereocenters. The molecule has 2 aromatic rings. The fourth-order valence-electron chi connectivity index (χ4n) is 2.27. The second kappa shape index (κ2) is 6.59. The minimum absolute atomic E-state index is 0.296. The van der Waals surface area contributed by atoms with Crippen LogP contribution in [-0.4, -0.2) is 27.2 Å². The standard InChI is InChI=1S/C15H19N5O2/c1-12-18-15(20(16)22-12)13-3-5-14(6-4-13)21-10-2-8-19-9-7-17-11-19/h3-7,9,11,15H,2,8,10,16H2,1H3. The van der Waals surface area contributed by atoms with E-state index in [1.165, 1.54) is 5.17 Å². The van der Waals surface area contributed by atoms with E-state index < -0.39 is 0 Å². The maximum absolute atomic E-state index is 5.74. The average Bonchev–Trinajstić information content (AvgIpc) is 3.14. The van der Waals surface area contributed by atoms with Gasteiger partial charge in [-0.2, -0.15) is 0 Å². The quantitative estimate of drug-likeness (QED) is 0.651. The zero-order chi connectivity index (χ0) is 15.4. The maximum Gasteiger partial charge on any atom is 0.210 e. The average molecular weight is 301 g/mol. The molecule has 1 aliphatic heterocycles. The van der Waals surface area contributed by atoms with Crippen molar-refractivity contribution in [3.63, 3.8) is 0 Å². The van der Waals surface area contributed by atoms with Gasteiger partial charge in [0.05, 0.1) is 12.9 Å². The smallest absolute Gasteiger partial charge is 0.210 e. The summed E-state index contributed by atoms with van der Waals surface area (Å²) in [4.78, 5) is 13.5. The lowest BCUT2D eigenvalue weighted by Crippen LogP contribution is -2.30. The number of hydrogen-bond acceptors (Lipinski definition) is 6. The van der Waals surface area contributed by atoms with E-state index >= 15 is 0 Å². The summed E-state index contributed by atoms with van der Waals surface area (Å²) in [6, 6.07) is 7.73. The fraction of sp³-hybridized carbons (Fsp3) is 0.333. The Morgan fingerprint density at radius 1 is 1.32 bits per heavy atom. The van der Waals surface area contributed by atoms with Crippen molar-refractivity contribution in [2.45, 2.75) is 26.1 Å². The maximum atomic E-state index is 5.74. The van der Waals surface area contributed by atoms with E-state index in [9.17, 15) is 0 Å².